The highest BCUT2D eigenvalue weighted by atomic mass is 19.1. The van der Waals surface area contributed by atoms with Crippen LogP contribution in [0.1, 0.15) is 37.6 Å². The molecule has 8 nitrogen and oxygen atoms in total. The predicted octanol–water partition coefficient (Wildman–Crippen LogP) is 2.56. The molecule has 0 saturated carbocycles. The number of aromatic nitrogens is 3. The molecule has 0 radical (unpaired) electrons. The van der Waals surface area contributed by atoms with Gasteiger partial charge in [0.2, 0.25) is 0 Å². The van der Waals surface area contributed by atoms with Crippen LogP contribution in [0.4, 0.5) is 4.39 Å². The van der Waals surface area contributed by atoms with Gasteiger partial charge in [-0.05, 0) is 39.6 Å². The average molecular weight is 413 g/mol. The molecule has 1 unspecified atom stereocenters. The number of nitrogens with two attached hydrogens (primary N) is 1. The summed E-state index contributed by atoms with van der Waals surface area (Å²) in [7, 11) is 1.95. The maximum Gasteiger partial charge on any atom is 0.151 e. The third-order valence-corrected chi connectivity index (χ3v) is 5.04. The fraction of sp³-hybridized carbons (Fsp3) is 0.429. The van der Waals surface area contributed by atoms with E-state index in [1.54, 1.807) is 6.20 Å². The zero-order chi connectivity index (χ0) is 21.7. The first-order valence-electron chi connectivity index (χ1n) is 10.0. The third-order valence-electron chi connectivity index (χ3n) is 5.04. The molecule has 3 heterocycles. The summed E-state index contributed by atoms with van der Waals surface area (Å²) in [5, 5.41) is 4.44. The van der Waals surface area contributed by atoms with Crippen LogP contribution in [0.5, 0.6) is 0 Å². The maximum atomic E-state index is 14.0. The van der Waals surface area contributed by atoms with E-state index < -0.39 is 0 Å². The van der Waals surface area contributed by atoms with Gasteiger partial charge in [-0.25, -0.2) is 4.39 Å². The van der Waals surface area contributed by atoms with Crippen LogP contribution in [0.25, 0.3) is 0 Å². The Morgan fingerprint density at radius 1 is 1.33 bits per heavy atom. The minimum absolute atomic E-state index is 0.280. The molecule has 1 saturated heterocycles. The van der Waals surface area contributed by atoms with Gasteiger partial charge in [-0.2, -0.15) is 5.10 Å². The lowest BCUT2D eigenvalue weighted by Crippen LogP contribution is -2.30. The molecule has 1 fully saturated rings. The van der Waals surface area contributed by atoms with E-state index >= 15 is 0 Å². The number of pyridine rings is 1. The first-order chi connectivity index (χ1) is 14.5. The number of halogens is 1. The largest absolute Gasteiger partial charge is 0.346 e. The van der Waals surface area contributed by atoms with Gasteiger partial charge in [0, 0.05) is 50.2 Å². The van der Waals surface area contributed by atoms with Gasteiger partial charge >= 0.3 is 0 Å². The molecule has 30 heavy (non-hydrogen) atoms. The minimum Gasteiger partial charge on any atom is -0.346 e. The standard InChI is InChI=1S/C21H29FN8/c1-5-26-20-19(15(2)24-3)28(4)21(17-9-18(22)12-25-11-17)30(20)14-16-10-27-29(13-16)8-6-7-23/h9-13,21H,3,5-8,14,23H2,1-2,4H3/b19-15+,26-20?. The molecule has 1 aliphatic heterocycles. The van der Waals surface area contributed by atoms with Gasteiger partial charge in [-0.3, -0.25) is 19.7 Å². The van der Waals surface area contributed by atoms with Crippen molar-refractivity contribution in [1.29, 1.82) is 0 Å². The molecule has 2 N–H and O–H groups in total. The van der Waals surface area contributed by atoms with E-state index in [0.717, 1.165) is 41.3 Å². The van der Waals surface area contributed by atoms with Gasteiger partial charge in [-0.1, -0.05) is 0 Å². The monoisotopic (exact) mass is 412 g/mol. The maximum absolute atomic E-state index is 14.0. The van der Waals surface area contributed by atoms with Crippen molar-refractivity contribution in [2.24, 2.45) is 15.7 Å². The fourth-order valence-corrected chi connectivity index (χ4v) is 3.74. The normalized spacial score (nSPS) is 19.6. The van der Waals surface area contributed by atoms with Crippen LogP contribution in [0.3, 0.4) is 0 Å². The Bertz CT molecular complexity index is 948. The van der Waals surface area contributed by atoms with E-state index in [2.05, 4.69) is 26.7 Å². The summed E-state index contributed by atoms with van der Waals surface area (Å²) in [5.41, 5.74) is 9.01. The molecule has 0 aliphatic carbocycles. The molecular weight excluding hydrogens is 383 g/mol. The van der Waals surface area contributed by atoms with Crippen LogP contribution < -0.4 is 5.73 Å². The fourth-order valence-electron chi connectivity index (χ4n) is 3.74. The number of hydrogen-bond acceptors (Lipinski definition) is 6. The second-order valence-electron chi connectivity index (χ2n) is 7.19. The Morgan fingerprint density at radius 2 is 2.13 bits per heavy atom. The minimum atomic E-state index is -0.375. The van der Waals surface area contributed by atoms with Crippen molar-refractivity contribution in [2.75, 3.05) is 20.1 Å². The second-order valence-corrected chi connectivity index (χ2v) is 7.19. The number of amidine groups is 1. The summed E-state index contributed by atoms with van der Waals surface area (Å²) in [6, 6.07) is 1.51. The summed E-state index contributed by atoms with van der Waals surface area (Å²) < 4.78 is 15.9. The molecule has 2 aromatic rings. The van der Waals surface area contributed by atoms with E-state index in [0.29, 0.717) is 19.6 Å². The molecule has 160 valence electrons. The highest BCUT2D eigenvalue weighted by Crippen LogP contribution is 2.38. The van der Waals surface area contributed by atoms with E-state index in [-0.39, 0.29) is 12.0 Å². The van der Waals surface area contributed by atoms with Crippen molar-refractivity contribution in [1.82, 2.24) is 24.6 Å². The Kier molecular flexibility index (Phi) is 6.94. The van der Waals surface area contributed by atoms with Crippen LogP contribution in [0, 0.1) is 5.82 Å². The average Bonchev–Trinajstić information content (AvgIpc) is 3.28. The molecule has 3 rings (SSSR count). The first-order valence-corrected chi connectivity index (χ1v) is 10.0. The summed E-state index contributed by atoms with van der Waals surface area (Å²) in [6.45, 7) is 10.1. The number of aryl methyl sites for hydroxylation is 1. The van der Waals surface area contributed by atoms with Crippen LogP contribution in [0.2, 0.25) is 0 Å². The Balaban J connectivity index is 2.04. The lowest BCUT2D eigenvalue weighted by Gasteiger charge is -2.29. The quantitative estimate of drug-likeness (QED) is 0.673. The molecule has 1 aliphatic rings. The number of aliphatic imine (C=N–C) groups is 2. The van der Waals surface area contributed by atoms with Gasteiger partial charge in [0.05, 0.1) is 18.1 Å². The van der Waals surface area contributed by atoms with Gasteiger partial charge in [-0.15, -0.1) is 0 Å². The van der Waals surface area contributed by atoms with E-state index in [1.807, 2.05) is 42.9 Å². The number of rotatable bonds is 8. The molecule has 0 amide bonds. The van der Waals surface area contributed by atoms with E-state index in [1.165, 1.54) is 12.3 Å². The Hall–Kier alpha value is -3.07. The van der Waals surface area contributed by atoms with E-state index in [9.17, 15) is 4.39 Å². The summed E-state index contributed by atoms with van der Waals surface area (Å²) in [5.74, 6) is 0.425. The molecule has 0 bridgehead atoms. The van der Waals surface area contributed by atoms with Gasteiger partial charge in [0.15, 0.2) is 5.84 Å². The number of hydrogen-bond donors (Lipinski definition) is 1. The lowest BCUT2D eigenvalue weighted by atomic mass is 10.2. The number of allylic oxidation sites excluding steroid dienone is 1. The topological polar surface area (TPSA) is 87.9 Å². The van der Waals surface area contributed by atoms with Crippen molar-refractivity contribution in [3.8, 4) is 0 Å². The zero-order valence-corrected chi connectivity index (χ0v) is 17.8. The van der Waals surface area contributed by atoms with Crippen molar-refractivity contribution in [2.45, 2.75) is 39.5 Å². The van der Waals surface area contributed by atoms with Gasteiger partial charge < -0.3 is 15.5 Å². The second kappa shape index (κ2) is 9.62. The first kappa shape index (κ1) is 21.6. The molecule has 2 aromatic heterocycles. The summed E-state index contributed by atoms with van der Waals surface area (Å²) >= 11 is 0. The van der Waals surface area contributed by atoms with Crippen molar-refractivity contribution in [3.63, 3.8) is 0 Å². The molecule has 9 heteroatoms. The van der Waals surface area contributed by atoms with Crippen molar-refractivity contribution >= 4 is 12.6 Å². The van der Waals surface area contributed by atoms with Gasteiger partial charge in [0.1, 0.15) is 17.7 Å². The highest BCUT2D eigenvalue weighted by Gasteiger charge is 2.40. The van der Waals surface area contributed by atoms with Crippen LogP contribution in [0.15, 0.2) is 52.2 Å². The highest BCUT2D eigenvalue weighted by molar-refractivity contribution is 6.00. The zero-order valence-electron chi connectivity index (χ0n) is 17.8. The number of nitrogens with zero attached hydrogens (tertiary/aromatic N) is 7. The summed E-state index contributed by atoms with van der Waals surface area (Å²) in [6.07, 6.45) is 7.34. The SMILES string of the molecule is C=N/C(C)=C1\C(=NCC)N(Cc2cnn(CCCN)c2)C(c2cncc(F)c2)N1C. The predicted molar refractivity (Wildman–Crippen MR) is 116 cm³/mol. The van der Waals surface area contributed by atoms with Crippen molar-refractivity contribution in [3.05, 3.63) is 59.2 Å². The lowest BCUT2D eigenvalue weighted by molar-refractivity contribution is 0.192. The molecule has 0 spiro atoms. The molecular formula is C21H29FN8. The van der Waals surface area contributed by atoms with Gasteiger partial charge in [0.25, 0.3) is 0 Å². The van der Waals surface area contributed by atoms with E-state index in [4.69, 9.17) is 10.7 Å². The molecule has 1 atom stereocenters. The van der Waals surface area contributed by atoms with Crippen LogP contribution in [-0.2, 0) is 13.1 Å². The smallest absolute Gasteiger partial charge is 0.151 e. The van der Waals surface area contributed by atoms with Crippen LogP contribution >= 0.6 is 0 Å². The third kappa shape index (κ3) is 4.40. The number of likely N-dealkylation sites (N-methyl/N-ethyl adjacent to an activating group) is 1. The Labute approximate surface area is 176 Å². The summed E-state index contributed by atoms with van der Waals surface area (Å²) in [4.78, 5) is 17.1. The van der Waals surface area contributed by atoms with Crippen molar-refractivity contribution < 1.29 is 4.39 Å². The van der Waals surface area contributed by atoms with Crippen LogP contribution in [-0.4, -0.2) is 57.3 Å². The molecule has 0 aromatic carbocycles. The Morgan fingerprint density at radius 3 is 2.80 bits per heavy atom.